The molecule has 0 spiro atoms. The summed E-state index contributed by atoms with van der Waals surface area (Å²) in [5, 5.41) is 0. The molecule has 8 aromatic carbocycles. The molecule has 7 heteroatoms. The molecule has 8 rings (SSSR count). The molecule has 0 saturated carbocycles. The van der Waals surface area contributed by atoms with Crippen molar-refractivity contribution < 1.29 is 4.40 Å². The number of hydrogen-bond acceptors (Lipinski definition) is 3. The molecule has 0 aliphatic rings. The Morgan fingerprint density at radius 2 is 0.397 bits per heavy atom. The van der Waals surface area contributed by atoms with E-state index in [9.17, 15) is 0 Å². The quantitative estimate of drug-likeness (QED) is 0.105. The molecule has 0 N–H and O–H groups in total. The first-order valence-corrected chi connectivity index (χ1v) is 36.2. The maximum atomic E-state index is 8.79. The zero-order valence-electron chi connectivity index (χ0n) is 37.3. The molecule has 0 amide bonds. The molecule has 320 valence electrons. The van der Waals surface area contributed by atoms with Crippen LogP contribution in [0.15, 0.2) is 194 Å². The van der Waals surface area contributed by atoms with Crippen molar-refractivity contribution in [3.8, 4) is 0 Å². The first-order chi connectivity index (χ1) is 30.4. The molecule has 0 aliphatic carbocycles. The molecule has 0 atom stereocenters. The van der Waals surface area contributed by atoms with Crippen molar-refractivity contribution in [2.45, 2.75) is 55.4 Å². The van der Waals surface area contributed by atoms with E-state index in [2.05, 4.69) is 250 Å². The molecule has 0 aliphatic heterocycles. The first kappa shape index (κ1) is 46.3. The van der Waals surface area contributed by atoms with Crippen molar-refractivity contribution in [2.24, 2.45) is 0 Å². The molecule has 63 heavy (non-hydrogen) atoms. The van der Waals surface area contributed by atoms with Gasteiger partial charge in [0.05, 0.1) is 0 Å². The summed E-state index contributed by atoms with van der Waals surface area (Å²) in [5.41, 5.74) is 9.70. The fraction of sp³-hybridized carbons (Fsp3) is 0.143. The van der Waals surface area contributed by atoms with Crippen molar-refractivity contribution >= 4 is 107 Å². The summed E-state index contributed by atoms with van der Waals surface area (Å²) in [6.07, 6.45) is 0. The van der Waals surface area contributed by atoms with Crippen molar-refractivity contribution in [3.05, 3.63) is 239 Å². The molecule has 0 unspecified atom stereocenters. The second-order valence-corrected chi connectivity index (χ2v) is 44.8. The van der Waals surface area contributed by atoms with E-state index in [4.69, 9.17) is 4.40 Å². The zero-order chi connectivity index (χ0) is 44.1. The molecule has 0 aromatic heterocycles. The van der Waals surface area contributed by atoms with E-state index in [-0.39, 0.29) is 0 Å². The standard InChI is InChI=1S/C56H56O3Te4/c1-41-9-25-49(26-10-41)60(50-27-11-42(2)12-28-50)57-62(53-33-17-45(5)18-34-53,54-35-19-46(6)20-36-54)59-63(55-37-21-47(7)22-38-55,56-39-23-48(8)24-40-56)58-61(51-29-13-43(3)14-30-51)52-31-15-44(4)16-32-52/h9-40H,1-8H3/q+2. The molecule has 0 fully saturated rings. The predicted octanol–water partition coefficient (Wildman–Crippen LogP) is 7.63. The van der Waals surface area contributed by atoms with Gasteiger partial charge in [0.2, 0.25) is 0 Å². The molecule has 0 radical (unpaired) electrons. The second kappa shape index (κ2) is 20.5. The predicted molar refractivity (Wildman–Crippen MR) is 273 cm³/mol. The Morgan fingerprint density at radius 3 is 0.571 bits per heavy atom. The van der Waals surface area contributed by atoms with E-state index in [1.807, 2.05) is 0 Å². The SMILES string of the molecule is Cc1ccc([Te+](O[Te](O[Te](O[Te+](c2ccc(C)cc2)c2ccc(C)cc2)(c2ccc(C)cc2)c2ccc(C)cc2)(c2ccc(C)cc2)c2ccc(C)cc2)c2ccc(C)cc2)cc1. The van der Waals surface area contributed by atoms with Crippen LogP contribution < -0.4 is 28.9 Å². The Morgan fingerprint density at radius 1 is 0.238 bits per heavy atom. The van der Waals surface area contributed by atoms with E-state index < -0.39 is 77.9 Å². The van der Waals surface area contributed by atoms with Gasteiger partial charge < -0.3 is 0 Å². The van der Waals surface area contributed by atoms with Gasteiger partial charge in [-0.3, -0.25) is 0 Å². The average Bonchev–Trinajstić information content (AvgIpc) is 3.29. The fourth-order valence-corrected chi connectivity index (χ4v) is 61.9. The molecule has 3 nitrogen and oxygen atoms in total. The van der Waals surface area contributed by atoms with Crippen LogP contribution in [0.3, 0.4) is 0 Å². The van der Waals surface area contributed by atoms with Crippen molar-refractivity contribution in [2.75, 3.05) is 0 Å². The molecule has 0 heterocycles. The van der Waals surface area contributed by atoms with Gasteiger partial charge in [-0.25, -0.2) is 0 Å². The topological polar surface area (TPSA) is 27.7 Å². The third-order valence-electron chi connectivity index (χ3n) is 10.8. The summed E-state index contributed by atoms with van der Waals surface area (Å²) in [4.78, 5) is 0. The summed E-state index contributed by atoms with van der Waals surface area (Å²) in [5.74, 6) is 0. The van der Waals surface area contributed by atoms with E-state index in [1.54, 1.807) is 0 Å². The van der Waals surface area contributed by atoms with Crippen LogP contribution in [0, 0.1) is 55.4 Å². The Hall–Kier alpha value is -3.20. The van der Waals surface area contributed by atoms with Gasteiger partial charge in [0.15, 0.2) is 0 Å². The molecule has 8 aromatic rings. The summed E-state index contributed by atoms with van der Waals surface area (Å²) in [7, 11) is 0. The monoisotopic (exact) mass is 1300 g/mol. The first-order valence-electron chi connectivity index (χ1n) is 21.2. The van der Waals surface area contributed by atoms with Crippen LogP contribution in [0.25, 0.3) is 0 Å². The van der Waals surface area contributed by atoms with Gasteiger partial charge in [0.25, 0.3) is 0 Å². The van der Waals surface area contributed by atoms with Crippen molar-refractivity contribution in [3.63, 3.8) is 0 Å². The van der Waals surface area contributed by atoms with E-state index >= 15 is 0 Å². The third kappa shape index (κ3) is 10.8. The summed E-state index contributed by atoms with van der Waals surface area (Å²) >= 11 is -15.3. The van der Waals surface area contributed by atoms with E-state index in [0.29, 0.717) is 0 Å². The van der Waals surface area contributed by atoms with Crippen LogP contribution in [0.1, 0.15) is 44.5 Å². The third-order valence-corrected chi connectivity index (χ3v) is 51.8. The Bertz CT molecular complexity index is 2360. The van der Waals surface area contributed by atoms with Gasteiger partial charge in [-0.05, 0) is 0 Å². The van der Waals surface area contributed by atoms with Gasteiger partial charge in [-0.1, -0.05) is 0 Å². The van der Waals surface area contributed by atoms with Crippen molar-refractivity contribution in [1.29, 1.82) is 0 Å². The second-order valence-electron chi connectivity index (χ2n) is 16.3. The minimum absolute atomic E-state index is 1.13. The molecular weight excluding hydrogens is 1230 g/mol. The van der Waals surface area contributed by atoms with Gasteiger partial charge in [0.1, 0.15) is 0 Å². The zero-order valence-corrected chi connectivity index (χ0v) is 46.7. The van der Waals surface area contributed by atoms with Crippen LogP contribution in [0.4, 0.5) is 0 Å². The van der Waals surface area contributed by atoms with Gasteiger partial charge in [-0.15, -0.1) is 0 Å². The number of hydrogen-bond donors (Lipinski definition) is 0. The fourth-order valence-electron chi connectivity index (χ4n) is 6.88. The Labute approximate surface area is 400 Å². The molecular formula is C56H56O3Te4+2. The van der Waals surface area contributed by atoms with Gasteiger partial charge in [-0.2, -0.15) is 0 Å². The normalized spacial score (nSPS) is 12.5. The molecule has 0 saturated heterocycles. The van der Waals surface area contributed by atoms with Crippen LogP contribution in [-0.2, 0) is 4.40 Å². The maximum absolute atomic E-state index is 8.79. The van der Waals surface area contributed by atoms with Crippen LogP contribution >= 0.6 is 0 Å². The summed E-state index contributed by atoms with van der Waals surface area (Å²) in [6, 6.07) is 72.6. The Kier molecular flexibility index (Phi) is 15.1. The van der Waals surface area contributed by atoms with Gasteiger partial charge >= 0.3 is 405 Å². The van der Waals surface area contributed by atoms with E-state index in [1.165, 1.54) is 59.0 Å². The summed E-state index contributed by atoms with van der Waals surface area (Å²) in [6.45, 7) is 17.3. The number of rotatable bonds is 14. The van der Waals surface area contributed by atoms with Crippen LogP contribution in [0.2, 0.25) is 0 Å². The van der Waals surface area contributed by atoms with E-state index in [0.717, 1.165) is 14.4 Å². The van der Waals surface area contributed by atoms with Crippen LogP contribution in [0.5, 0.6) is 0 Å². The Balaban J connectivity index is 1.48. The van der Waals surface area contributed by atoms with Crippen LogP contribution in [-0.4, -0.2) is 77.9 Å². The number of benzene rings is 8. The molecule has 0 bridgehead atoms. The van der Waals surface area contributed by atoms with Crippen molar-refractivity contribution in [1.82, 2.24) is 0 Å². The minimum atomic E-state index is -4.69. The van der Waals surface area contributed by atoms with Gasteiger partial charge in [0, 0.05) is 0 Å². The number of aryl methyl sites for hydroxylation is 8. The average molecular weight is 1290 g/mol. The summed E-state index contributed by atoms with van der Waals surface area (Å²) < 4.78 is 35.2.